The molecule has 0 bridgehead atoms. The quantitative estimate of drug-likeness (QED) is 0.381. The second kappa shape index (κ2) is 3.30. The highest BCUT2D eigenvalue weighted by Crippen LogP contribution is 1.92. The van der Waals surface area contributed by atoms with E-state index in [9.17, 15) is 0 Å². The van der Waals surface area contributed by atoms with E-state index in [0.29, 0.717) is 6.04 Å². The minimum absolute atomic E-state index is 0.307. The highest BCUT2D eigenvalue weighted by molar-refractivity contribution is 4.82. The zero-order valence-corrected chi connectivity index (χ0v) is 6.89. The Labute approximate surface area is 62.1 Å². The van der Waals surface area contributed by atoms with Crippen LogP contribution in [0.5, 0.6) is 0 Å². The van der Waals surface area contributed by atoms with Gasteiger partial charge in [0.15, 0.2) is 0 Å². The predicted octanol–water partition coefficient (Wildman–Crippen LogP) is -1.10. The van der Waals surface area contributed by atoms with Crippen LogP contribution in [0, 0.1) is 0 Å². The number of hydrogen-bond acceptors (Lipinski definition) is 4. The molecule has 0 radical (unpaired) electrons. The fourth-order valence-electron chi connectivity index (χ4n) is 0.539. The van der Waals surface area contributed by atoms with E-state index >= 15 is 0 Å². The third-order valence-electron chi connectivity index (χ3n) is 1.18. The van der Waals surface area contributed by atoms with Gasteiger partial charge in [0.25, 0.3) is 0 Å². The van der Waals surface area contributed by atoms with E-state index in [1.807, 2.05) is 13.8 Å². The molecule has 0 amide bonds. The average Bonchev–Trinajstić information content (AvgIpc) is 1.60. The lowest BCUT2D eigenvalue weighted by molar-refractivity contribution is 0.314. The summed E-state index contributed by atoms with van der Waals surface area (Å²) in [6.07, 6.45) is -0.354. The predicted molar refractivity (Wildman–Crippen MR) is 43.0 cm³/mol. The van der Waals surface area contributed by atoms with Gasteiger partial charge in [-0.25, -0.2) is 0 Å². The highest BCUT2D eigenvalue weighted by atomic mass is 15.2. The Hall–Kier alpha value is -0.160. The van der Waals surface area contributed by atoms with Crippen LogP contribution in [0.4, 0.5) is 0 Å². The molecular formula is C6H18N4. The van der Waals surface area contributed by atoms with Gasteiger partial charge in [-0.15, -0.1) is 0 Å². The van der Waals surface area contributed by atoms with Crippen LogP contribution in [-0.4, -0.2) is 17.9 Å². The van der Waals surface area contributed by atoms with Crippen LogP contribution in [-0.2, 0) is 0 Å². The maximum Gasteiger partial charge on any atom is 0.0899 e. The Morgan fingerprint density at radius 2 is 1.70 bits per heavy atom. The molecule has 4 heteroatoms. The third-order valence-corrected chi connectivity index (χ3v) is 1.18. The summed E-state index contributed by atoms with van der Waals surface area (Å²) in [5.41, 5.74) is 15.8. The topological polar surface area (TPSA) is 90.1 Å². The average molecular weight is 146 g/mol. The third kappa shape index (κ3) is 3.79. The van der Waals surface area contributed by atoms with Gasteiger partial charge in [0.1, 0.15) is 0 Å². The van der Waals surface area contributed by atoms with Crippen molar-refractivity contribution in [3.8, 4) is 0 Å². The van der Waals surface area contributed by atoms with E-state index in [1.165, 1.54) is 0 Å². The Morgan fingerprint density at radius 3 is 1.80 bits per heavy atom. The van der Waals surface area contributed by atoms with Crippen LogP contribution in [0.15, 0.2) is 0 Å². The van der Waals surface area contributed by atoms with Crippen molar-refractivity contribution in [2.24, 2.45) is 17.2 Å². The van der Waals surface area contributed by atoms with Crippen LogP contribution in [0.1, 0.15) is 20.8 Å². The molecule has 0 heterocycles. The number of rotatable bonds is 3. The van der Waals surface area contributed by atoms with Crippen molar-refractivity contribution in [2.75, 3.05) is 0 Å². The van der Waals surface area contributed by atoms with Crippen molar-refractivity contribution in [2.45, 2.75) is 38.6 Å². The lowest BCUT2D eigenvalue weighted by Gasteiger charge is -2.29. The molecule has 62 valence electrons. The van der Waals surface area contributed by atoms with E-state index in [4.69, 9.17) is 17.2 Å². The standard InChI is InChI=1S/C6H18N4/c1-4(2)10-5(7)6(3,8)9/h4-5,10H,7-9H2,1-3H3. The molecule has 0 aromatic carbocycles. The number of hydrogen-bond donors (Lipinski definition) is 4. The second-order valence-corrected chi connectivity index (χ2v) is 3.17. The molecule has 0 aromatic heterocycles. The molecule has 0 aliphatic heterocycles. The summed E-state index contributed by atoms with van der Waals surface area (Å²) in [5, 5.41) is 3.01. The molecule has 0 aliphatic rings. The first kappa shape index (κ1) is 9.84. The van der Waals surface area contributed by atoms with Crippen LogP contribution in [0.25, 0.3) is 0 Å². The van der Waals surface area contributed by atoms with Gasteiger partial charge in [0, 0.05) is 6.04 Å². The maximum absolute atomic E-state index is 5.59. The van der Waals surface area contributed by atoms with Crippen LogP contribution in [0.2, 0.25) is 0 Å². The highest BCUT2D eigenvalue weighted by Gasteiger charge is 2.21. The zero-order valence-electron chi connectivity index (χ0n) is 6.89. The van der Waals surface area contributed by atoms with Gasteiger partial charge >= 0.3 is 0 Å². The molecule has 0 aliphatic carbocycles. The van der Waals surface area contributed by atoms with Gasteiger partial charge in [0.2, 0.25) is 0 Å². The fourth-order valence-corrected chi connectivity index (χ4v) is 0.539. The minimum Gasteiger partial charge on any atom is -0.313 e. The Morgan fingerprint density at radius 1 is 1.30 bits per heavy atom. The lowest BCUT2D eigenvalue weighted by atomic mass is 10.1. The Kier molecular flexibility index (Phi) is 3.24. The molecule has 10 heavy (non-hydrogen) atoms. The molecule has 0 aromatic rings. The van der Waals surface area contributed by atoms with Crippen molar-refractivity contribution in [3.05, 3.63) is 0 Å². The smallest absolute Gasteiger partial charge is 0.0899 e. The van der Waals surface area contributed by atoms with E-state index < -0.39 is 5.66 Å². The Balaban J connectivity index is 3.73. The van der Waals surface area contributed by atoms with Gasteiger partial charge in [-0.2, -0.15) is 0 Å². The van der Waals surface area contributed by atoms with Crippen molar-refractivity contribution in [1.29, 1.82) is 0 Å². The van der Waals surface area contributed by atoms with Gasteiger partial charge in [-0.05, 0) is 20.8 Å². The largest absolute Gasteiger partial charge is 0.313 e. The summed E-state index contributed by atoms with van der Waals surface area (Å²) in [4.78, 5) is 0. The van der Waals surface area contributed by atoms with Crippen LogP contribution >= 0.6 is 0 Å². The number of nitrogens with one attached hydrogen (secondary N) is 1. The van der Waals surface area contributed by atoms with Gasteiger partial charge in [-0.3, -0.25) is 5.32 Å². The molecule has 7 N–H and O–H groups in total. The molecule has 0 rings (SSSR count). The summed E-state index contributed by atoms with van der Waals surface area (Å²) >= 11 is 0. The normalized spacial score (nSPS) is 15.9. The first-order chi connectivity index (χ1) is 4.34. The molecule has 4 nitrogen and oxygen atoms in total. The molecule has 1 atom stereocenters. The summed E-state index contributed by atoms with van der Waals surface area (Å²) in [5.74, 6) is 0. The van der Waals surface area contributed by atoms with E-state index in [1.54, 1.807) is 6.92 Å². The molecule has 0 saturated carbocycles. The molecule has 0 spiro atoms. The lowest BCUT2D eigenvalue weighted by Crippen LogP contribution is -2.66. The first-order valence-corrected chi connectivity index (χ1v) is 3.43. The molecule has 0 saturated heterocycles. The van der Waals surface area contributed by atoms with Gasteiger partial charge in [-0.1, -0.05) is 0 Å². The summed E-state index contributed by atoms with van der Waals surface area (Å²) in [7, 11) is 0. The van der Waals surface area contributed by atoms with Crippen molar-refractivity contribution in [3.63, 3.8) is 0 Å². The summed E-state index contributed by atoms with van der Waals surface area (Å²) < 4.78 is 0. The first-order valence-electron chi connectivity index (χ1n) is 3.43. The van der Waals surface area contributed by atoms with Crippen molar-refractivity contribution >= 4 is 0 Å². The Bertz CT molecular complexity index is 94.4. The summed E-state index contributed by atoms with van der Waals surface area (Å²) in [6, 6.07) is 0.307. The molecular weight excluding hydrogens is 128 g/mol. The zero-order chi connectivity index (χ0) is 8.36. The van der Waals surface area contributed by atoms with Gasteiger partial charge < -0.3 is 17.2 Å². The van der Waals surface area contributed by atoms with E-state index in [2.05, 4.69) is 5.32 Å². The van der Waals surface area contributed by atoms with Crippen LogP contribution in [0.3, 0.4) is 0 Å². The summed E-state index contributed by atoms with van der Waals surface area (Å²) in [6.45, 7) is 5.67. The number of nitrogens with two attached hydrogens (primary N) is 3. The van der Waals surface area contributed by atoms with E-state index in [-0.39, 0.29) is 6.17 Å². The molecule has 0 fully saturated rings. The van der Waals surface area contributed by atoms with Crippen molar-refractivity contribution < 1.29 is 0 Å². The van der Waals surface area contributed by atoms with E-state index in [0.717, 1.165) is 0 Å². The maximum atomic E-state index is 5.59. The molecule has 1 unspecified atom stereocenters. The monoisotopic (exact) mass is 146 g/mol. The van der Waals surface area contributed by atoms with Crippen LogP contribution < -0.4 is 22.5 Å². The SMILES string of the molecule is CC(C)NC(N)C(C)(N)N. The van der Waals surface area contributed by atoms with Gasteiger partial charge in [0.05, 0.1) is 11.8 Å². The second-order valence-electron chi connectivity index (χ2n) is 3.17. The minimum atomic E-state index is -0.843. The fraction of sp³-hybridized carbons (Fsp3) is 1.00. The van der Waals surface area contributed by atoms with Crippen molar-refractivity contribution in [1.82, 2.24) is 5.32 Å².